The van der Waals surface area contributed by atoms with E-state index in [0.29, 0.717) is 18.7 Å². The predicted molar refractivity (Wildman–Crippen MR) is 78.5 cm³/mol. The van der Waals surface area contributed by atoms with Crippen LogP contribution in [0.1, 0.15) is 12.5 Å². The summed E-state index contributed by atoms with van der Waals surface area (Å²) < 4.78 is 0. The third kappa shape index (κ3) is 31.9. The second kappa shape index (κ2) is 23.0. The van der Waals surface area contributed by atoms with Gasteiger partial charge in [0.25, 0.3) is 5.97 Å². The van der Waals surface area contributed by atoms with E-state index in [-0.39, 0.29) is 60.1 Å². The van der Waals surface area contributed by atoms with E-state index in [1.807, 2.05) is 6.07 Å². The first-order valence-corrected chi connectivity index (χ1v) is 4.65. The van der Waals surface area contributed by atoms with Crippen LogP contribution in [-0.2, 0) is 4.79 Å². The Morgan fingerprint density at radius 2 is 1.53 bits per heavy atom. The van der Waals surface area contributed by atoms with Gasteiger partial charge in [-0.25, -0.2) is 0 Å². The average Bonchev–Trinajstić information content (AvgIpc) is 2.22. The molecule has 0 spiro atoms. The summed E-state index contributed by atoms with van der Waals surface area (Å²) in [7, 11) is 0. The van der Waals surface area contributed by atoms with Crippen LogP contribution in [0.4, 0.5) is 0 Å². The Hall–Kier alpha value is -0.140. The van der Waals surface area contributed by atoms with Gasteiger partial charge in [0.05, 0.1) is 0 Å². The van der Waals surface area contributed by atoms with Gasteiger partial charge >= 0.3 is 29.6 Å². The van der Waals surface area contributed by atoms with Crippen LogP contribution in [0, 0.1) is 6.92 Å². The van der Waals surface area contributed by atoms with E-state index in [1.165, 1.54) is 0 Å². The molecular weight excluding hydrogens is 302 g/mol. The molecular formula is C11H21Cl2N2NaO3. The van der Waals surface area contributed by atoms with Gasteiger partial charge < -0.3 is 21.7 Å². The molecule has 1 aromatic rings. The molecule has 108 valence electrons. The summed E-state index contributed by atoms with van der Waals surface area (Å²) >= 11 is 0. The number of carboxylic acids is 1. The molecule has 0 heterocycles. The quantitative estimate of drug-likeness (QED) is 0.368. The van der Waals surface area contributed by atoms with E-state index in [2.05, 4.69) is 6.92 Å². The van der Waals surface area contributed by atoms with Crippen LogP contribution in [0.5, 0.6) is 5.75 Å². The number of aliphatic carboxylic acids is 1. The third-order valence-corrected chi connectivity index (χ3v) is 1.16. The van der Waals surface area contributed by atoms with Crippen molar-refractivity contribution in [3.8, 4) is 5.75 Å². The number of para-hydroxylation sites is 1. The van der Waals surface area contributed by atoms with E-state index in [0.717, 1.165) is 6.92 Å². The van der Waals surface area contributed by atoms with E-state index in [4.69, 9.17) is 26.5 Å². The molecule has 0 saturated carbocycles. The van der Waals surface area contributed by atoms with Gasteiger partial charge in [-0.3, -0.25) is 4.79 Å². The van der Waals surface area contributed by atoms with Gasteiger partial charge in [0.2, 0.25) is 0 Å². The number of hydrogen-bond acceptors (Lipinski definition) is 4. The first-order valence-electron chi connectivity index (χ1n) is 4.65. The van der Waals surface area contributed by atoms with Crippen LogP contribution in [0.25, 0.3) is 0 Å². The van der Waals surface area contributed by atoms with Crippen molar-refractivity contribution in [2.24, 2.45) is 11.5 Å². The number of carbonyl (C=O) groups is 1. The molecule has 1 rings (SSSR count). The molecule has 0 amide bonds. The largest absolute Gasteiger partial charge is 1.00 e. The number of phenolic OH excluding ortho intramolecular Hbond substituents is 1. The summed E-state index contributed by atoms with van der Waals surface area (Å²) in [5.41, 5.74) is 10.5. The first kappa shape index (κ1) is 31.3. The monoisotopic (exact) mass is 322 g/mol. The van der Waals surface area contributed by atoms with Crippen LogP contribution >= 0.6 is 24.8 Å². The smallest absolute Gasteiger partial charge is 0.565 e. The fourth-order valence-electron chi connectivity index (χ4n) is 0.511. The number of rotatable bonds is 1. The molecule has 0 bridgehead atoms. The van der Waals surface area contributed by atoms with Crippen molar-refractivity contribution in [2.45, 2.75) is 6.92 Å². The van der Waals surface area contributed by atoms with Gasteiger partial charge in [-0.05, 0) is 0 Å². The third-order valence-electron chi connectivity index (χ3n) is 1.16. The van der Waals surface area contributed by atoms with E-state index in [1.54, 1.807) is 18.2 Å². The number of hydrogen-bond donors (Lipinski definition) is 4. The molecule has 19 heavy (non-hydrogen) atoms. The summed E-state index contributed by atoms with van der Waals surface area (Å²) in [5.74, 6) is -0.576. The van der Waals surface area contributed by atoms with Gasteiger partial charge in [-0.15, -0.1) is 30.9 Å². The average molecular weight is 323 g/mol. The van der Waals surface area contributed by atoms with E-state index >= 15 is 0 Å². The summed E-state index contributed by atoms with van der Waals surface area (Å²) in [5, 5.41) is 16.3. The minimum absolute atomic E-state index is 0. The fraction of sp³-hybridized carbons (Fsp3) is 0.273. The van der Waals surface area contributed by atoms with E-state index in [9.17, 15) is 0 Å². The van der Waals surface area contributed by atoms with Crippen LogP contribution in [0.15, 0.2) is 24.3 Å². The van der Waals surface area contributed by atoms with E-state index < -0.39 is 5.97 Å². The van der Waals surface area contributed by atoms with Crippen molar-refractivity contribution in [3.63, 3.8) is 0 Å². The Morgan fingerprint density at radius 3 is 1.68 bits per heavy atom. The Bertz CT molecular complexity index is 278. The van der Waals surface area contributed by atoms with Crippen LogP contribution in [0.3, 0.4) is 0 Å². The van der Waals surface area contributed by atoms with Crippen molar-refractivity contribution in [3.05, 3.63) is 36.8 Å². The van der Waals surface area contributed by atoms with Crippen molar-refractivity contribution in [2.75, 3.05) is 13.1 Å². The van der Waals surface area contributed by atoms with Gasteiger partial charge in [-0.2, -0.15) is 18.6 Å². The van der Waals surface area contributed by atoms with Gasteiger partial charge in [-0.1, -0.05) is 12.1 Å². The zero-order valence-corrected chi connectivity index (χ0v) is 14.8. The number of phenols is 1. The Balaban J connectivity index is -0.0000000526. The maximum absolute atomic E-state index is 9.00. The summed E-state index contributed by atoms with van der Waals surface area (Å²) in [4.78, 5) is 9.00. The molecule has 0 aliphatic rings. The Kier molecular flexibility index (Phi) is 37.9. The summed E-state index contributed by atoms with van der Waals surface area (Å²) in [6, 6.07) is 6.98. The molecule has 5 nitrogen and oxygen atoms in total. The molecule has 0 aliphatic heterocycles. The van der Waals surface area contributed by atoms with Crippen molar-refractivity contribution >= 4 is 30.8 Å². The number of nitrogens with two attached hydrogens (primary N) is 2. The van der Waals surface area contributed by atoms with Crippen molar-refractivity contribution in [1.82, 2.24) is 0 Å². The minimum atomic E-state index is -0.833. The normalized spacial score (nSPS) is 6.68. The van der Waals surface area contributed by atoms with Crippen molar-refractivity contribution < 1.29 is 44.6 Å². The molecule has 0 saturated heterocycles. The maximum atomic E-state index is 9.00. The van der Waals surface area contributed by atoms with Crippen LogP contribution < -0.4 is 41.0 Å². The summed E-state index contributed by atoms with van der Waals surface area (Å²) in [6.45, 7) is 5.85. The molecule has 0 unspecified atom stereocenters. The van der Waals surface area contributed by atoms with Crippen LogP contribution in [0.2, 0.25) is 0 Å². The number of halogens is 2. The standard InChI is InChI=1S/C7H7O.C2H8N2.C2H4O2.2ClH.Na/c1-6-4-2-3-5-7(6)8;3-1-2-4;1-2(3)4;;;/h2-5,8H,1H2;1-4H2;1H3,(H,3,4);2*1H;/q-1;;;;;+1. The number of aromatic hydroxyl groups is 1. The zero-order valence-electron chi connectivity index (χ0n) is 11.2. The number of benzene rings is 1. The van der Waals surface area contributed by atoms with Gasteiger partial charge in [0, 0.05) is 25.8 Å². The Labute approximate surface area is 148 Å². The fourth-order valence-corrected chi connectivity index (χ4v) is 0.511. The van der Waals surface area contributed by atoms with Crippen molar-refractivity contribution in [1.29, 1.82) is 0 Å². The topological polar surface area (TPSA) is 110 Å². The molecule has 0 aromatic heterocycles. The second-order valence-corrected chi connectivity index (χ2v) is 2.73. The molecule has 6 N–H and O–H groups in total. The molecule has 1 aromatic carbocycles. The summed E-state index contributed by atoms with van der Waals surface area (Å²) in [6.07, 6.45) is 0. The predicted octanol–water partition coefficient (Wildman–Crippen LogP) is -1.58. The second-order valence-electron chi connectivity index (χ2n) is 2.73. The van der Waals surface area contributed by atoms with Gasteiger partial charge in [0.15, 0.2) is 0 Å². The molecule has 0 radical (unpaired) electrons. The Morgan fingerprint density at radius 1 is 1.21 bits per heavy atom. The molecule has 8 heteroatoms. The molecule has 0 fully saturated rings. The number of carboxylic acid groups (broad SMARTS) is 1. The SMILES string of the molecule is CC(=O)O.Cl.Cl.NCCN.[CH2-]c1ccccc1O.[Na+]. The first-order chi connectivity index (χ1) is 7.45. The minimum Gasteiger partial charge on any atom is -0.565 e. The zero-order chi connectivity index (χ0) is 13.0. The van der Waals surface area contributed by atoms with Gasteiger partial charge in [0.1, 0.15) is 0 Å². The maximum Gasteiger partial charge on any atom is 1.00 e. The molecule has 0 atom stereocenters. The van der Waals surface area contributed by atoms with Crippen LogP contribution in [-0.4, -0.2) is 29.3 Å². The molecule has 0 aliphatic carbocycles.